The van der Waals surface area contributed by atoms with Crippen LogP contribution in [0.25, 0.3) is 0 Å². The SMILES string of the molecule is Fc1ccccc1Nc1nccc(NCCc2cccc(Cl)c2)n1. The van der Waals surface area contributed by atoms with Gasteiger partial charge in [-0.25, -0.2) is 9.37 Å². The maximum absolute atomic E-state index is 13.7. The first-order valence-corrected chi connectivity index (χ1v) is 7.91. The summed E-state index contributed by atoms with van der Waals surface area (Å²) in [6.45, 7) is 0.705. The molecule has 0 saturated heterocycles. The second-order valence-corrected chi connectivity index (χ2v) is 5.61. The number of nitrogens with zero attached hydrogens (tertiary/aromatic N) is 2. The topological polar surface area (TPSA) is 49.8 Å². The maximum Gasteiger partial charge on any atom is 0.229 e. The Hall–Kier alpha value is -2.66. The van der Waals surface area contributed by atoms with Gasteiger partial charge in [-0.3, -0.25) is 0 Å². The van der Waals surface area contributed by atoms with Crippen LogP contribution in [0.4, 0.5) is 21.8 Å². The first-order valence-electron chi connectivity index (χ1n) is 7.53. The van der Waals surface area contributed by atoms with E-state index >= 15 is 0 Å². The molecule has 4 nitrogen and oxygen atoms in total. The van der Waals surface area contributed by atoms with E-state index in [1.807, 2.05) is 24.3 Å². The van der Waals surface area contributed by atoms with Crippen LogP contribution in [0, 0.1) is 5.82 Å². The van der Waals surface area contributed by atoms with Crippen molar-refractivity contribution in [3.05, 3.63) is 77.2 Å². The third-order valence-electron chi connectivity index (χ3n) is 3.38. The molecule has 0 fully saturated rings. The lowest BCUT2D eigenvalue weighted by molar-refractivity contribution is 0.631. The van der Waals surface area contributed by atoms with E-state index in [0.29, 0.717) is 24.0 Å². The van der Waals surface area contributed by atoms with E-state index in [4.69, 9.17) is 11.6 Å². The van der Waals surface area contributed by atoms with E-state index in [-0.39, 0.29) is 5.82 Å². The molecule has 122 valence electrons. The Kier molecular flexibility index (Phi) is 5.23. The molecule has 3 rings (SSSR count). The highest BCUT2D eigenvalue weighted by Crippen LogP contribution is 2.17. The summed E-state index contributed by atoms with van der Waals surface area (Å²) in [7, 11) is 0. The van der Waals surface area contributed by atoms with Gasteiger partial charge in [-0.1, -0.05) is 35.9 Å². The summed E-state index contributed by atoms with van der Waals surface area (Å²) in [5, 5.41) is 6.83. The number of para-hydroxylation sites is 1. The van der Waals surface area contributed by atoms with E-state index in [0.717, 1.165) is 17.0 Å². The number of benzene rings is 2. The molecule has 0 saturated carbocycles. The van der Waals surface area contributed by atoms with Gasteiger partial charge in [0, 0.05) is 17.8 Å². The van der Waals surface area contributed by atoms with Crippen molar-refractivity contribution in [3.8, 4) is 0 Å². The van der Waals surface area contributed by atoms with Gasteiger partial charge in [0.05, 0.1) is 5.69 Å². The lowest BCUT2D eigenvalue weighted by Gasteiger charge is -2.09. The third-order valence-corrected chi connectivity index (χ3v) is 3.62. The number of hydrogen-bond donors (Lipinski definition) is 2. The fourth-order valence-electron chi connectivity index (χ4n) is 2.23. The predicted molar refractivity (Wildman–Crippen MR) is 95.4 cm³/mol. The van der Waals surface area contributed by atoms with Gasteiger partial charge in [-0.2, -0.15) is 4.98 Å². The highest BCUT2D eigenvalue weighted by atomic mass is 35.5. The molecule has 0 amide bonds. The van der Waals surface area contributed by atoms with Crippen molar-refractivity contribution < 1.29 is 4.39 Å². The Morgan fingerprint density at radius 1 is 1.04 bits per heavy atom. The number of hydrogen-bond acceptors (Lipinski definition) is 4. The predicted octanol–water partition coefficient (Wildman–Crippen LogP) is 4.67. The summed E-state index contributed by atoms with van der Waals surface area (Å²) in [5.74, 6) is 0.666. The average molecular weight is 343 g/mol. The summed E-state index contributed by atoms with van der Waals surface area (Å²) in [5.41, 5.74) is 1.49. The molecule has 1 aromatic heterocycles. The van der Waals surface area contributed by atoms with E-state index in [1.54, 1.807) is 30.5 Å². The lowest BCUT2D eigenvalue weighted by Crippen LogP contribution is -2.08. The van der Waals surface area contributed by atoms with Crippen LogP contribution in [0.1, 0.15) is 5.56 Å². The van der Waals surface area contributed by atoms with Crippen LogP contribution in [0.3, 0.4) is 0 Å². The minimum absolute atomic E-state index is 0.341. The van der Waals surface area contributed by atoms with Crippen molar-refractivity contribution in [3.63, 3.8) is 0 Å². The first kappa shape index (κ1) is 16.2. The van der Waals surface area contributed by atoms with Gasteiger partial charge in [0.2, 0.25) is 5.95 Å². The maximum atomic E-state index is 13.7. The Morgan fingerprint density at radius 3 is 2.75 bits per heavy atom. The average Bonchev–Trinajstić information content (AvgIpc) is 2.58. The van der Waals surface area contributed by atoms with Crippen molar-refractivity contribution >= 4 is 29.1 Å². The van der Waals surface area contributed by atoms with Crippen molar-refractivity contribution in [2.45, 2.75) is 6.42 Å². The molecule has 0 aliphatic rings. The highest BCUT2D eigenvalue weighted by Gasteiger charge is 2.04. The van der Waals surface area contributed by atoms with Gasteiger partial charge in [0.15, 0.2) is 0 Å². The van der Waals surface area contributed by atoms with E-state index in [2.05, 4.69) is 20.6 Å². The standard InChI is InChI=1S/C18H16ClFN4/c19-14-5-3-4-13(12-14)8-10-21-17-9-11-22-18(24-17)23-16-7-2-1-6-15(16)20/h1-7,9,11-12H,8,10H2,(H2,21,22,23,24). The van der Waals surface area contributed by atoms with Gasteiger partial charge in [-0.05, 0) is 42.3 Å². The van der Waals surface area contributed by atoms with Crippen molar-refractivity contribution in [1.29, 1.82) is 0 Å². The van der Waals surface area contributed by atoms with E-state index in [1.165, 1.54) is 6.07 Å². The lowest BCUT2D eigenvalue weighted by atomic mass is 10.1. The molecule has 0 unspecified atom stereocenters. The van der Waals surface area contributed by atoms with Gasteiger partial charge < -0.3 is 10.6 Å². The van der Waals surface area contributed by atoms with Gasteiger partial charge in [0.1, 0.15) is 11.6 Å². The summed E-state index contributed by atoms with van der Waals surface area (Å²) in [6, 6.07) is 15.9. The number of rotatable bonds is 6. The normalized spacial score (nSPS) is 10.4. The second kappa shape index (κ2) is 7.75. The van der Waals surface area contributed by atoms with Crippen LogP contribution in [-0.2, 0) is 6.42 Å². The molecule has 3 aromatic rings. The zero-order chi connectivity index (χ0) is 16.8. The summed E-state index contributed by atoms with van der Waals surface area (Å²) in [4.78, 5) is 8.44. The summed E-state index contributed by atoms with van der Waals surface area (Å²) >= 11 is 5.97. The molecule has 2 N–H and O–H groups in total. The number of nitrogens with one attached hydrogen (secondary N) is 2. The fourth-order valence-corrected chi connectivity index (χ4v) is 2.44. The molecule has 0 bridgehead atoms. The summed E-state index contributed by atoms with van der Waals surface area (Å²) in [6.07, 6.45) is 2.44. The van der Waals surface area contributed by atoms with Crippen LogP contribution >= 0.6 is 11.6 Å². The quantitative estimate of drug-likeness (QED) is 0.683. The third kappa shape index (κ3) is 4.43. The van der Waals surface area contributed by atoms with Crippen LogP contribution in [0.5, 0.6) is 0 Å². The van der Waals surface area contributed by atoms with Crippen LogP contribution in [0.15, 0.2) is 60.8 Å². The van der Waals surface area contributed by atoms with Crippen molar-refractivity contribution in [1.82, 2.24) is 9.97 Å². The Morgan fingerprint density at radius 2 is 1.92 bits per heavy atom. The van der Waals surface area contributed by atoms with E-state index in [9.17, 15) is 4.39 Å². The fraction of sp³-hybridized carbons (Fsp3) is 0.111. The number of aromatic nitrogens is 2. The molecular weight excluding hydrogens is 327 g/mol. The van der Waals surface area contributed by atoms with Gasteiger partial charge in [-0.15, -0.1) is 0 Å². The molecule has 1 heterocycles. The first-order chi connectivity index (χ1) is 11.7. The van der Waals surface area contributed by atoms with Crippen LogP contribution in [-0.4, -0.2) is 16.5 Å². The number of anilines is 3. The highest BCUT2D eigenvalue weighted by molar-refractivity contribution is 6.30. The molecule has 0 spiro atoms. The summed E-state index contributed by atoms with van der Waals surface area (Å²) < 4.78 is 13.7. The minimum atomic E-state index is -0.347. The monoisotopic (exact) mass is 342 g/mol. The van der Waals surface area contributed by atoms with Gasteiger partial charge >= 0.3 is 0 Å². The minimum Gasteiger partial charge on any atom is -0.370 e. The molecule has 6 heteroatoms. The Labute approximate surface area is 144 Å². The Bertz CT molecular complexity index is 825. The molecule has 0 atom stereocenters. The van der Waals surface area contributed by atoms with Crippen LogP contribution < -0.4 is 10.6 Å². The number of halogens is 2. The van der Waals surface area contributed by atoms with E-state index < -0.39 is 0 Å². The molecule has 0 aliphatic heterocycles. The zero-order valence-corrected chi connectivity index (χ0v) is 13.6. The van der Waals surface area contributed by atoms with Crippen molar-refractivity contribution in [2.75, 3.05) is 17.2 Å². The molecule has 2 aromatic carbocycles. The van der Waals surface area contributed by atoms with Crippen molar-refractivity contribution in [2.24, 2.45) is 0 Å². The molecular formula is C18H16ClFN4. The molecule has 0 aliphatic carbocycles. The molecule has 0 radical (unpaired) electrons. The van der Waals surface area contributed by atoms with Crippen LogP contribution in [0.2, 0.25) is 5.02 Å². The largest absolute Gasteiger partial charge is 0.370 e. The Balaban J connectivity index is 1.60. The van der Waals surface area contributed by atoms with Gasteiger partial charge in [0.25, 0.3) is 0 Å². The smallest absolute Gasteiger partial charge is 0.229 e. The zero-order valence-electron chi connectivity index (χ0n) is 12.8. The second-order valence-electron chi connectivity index (χ2n) is 5.18. The molecule has 24 heavy (non-hydrogen) atoms.